The topological polar surface area (TPSA) is 77.3 Å². The molecule has 0 radical (unpaired) electrons. The maximum absolute atomic E-state index is 4.95. The van der Waals surface area contributed by atoms with Crippen LogP contribution in [0.15, 0.2) is 170 Å². The van der Waals surface area contributed by atoms with Gasteiger partial charge in [-0.15, -0.1) is 0 Å². The molecule has 6 heteroatoms. The smallest absolute Gasteiger partial charge is 0.164 e. The fraction of sp³-hybridized carbons (Fsp3) is 0. The summed E-state index contributed by atoms with van der Waals surface area (Å²) < 4.78 is 0. The van der Waals surface area contributed by atoms with Crippen molar-refractivity contribution in [2.75, 3.05) is 0 Å². The summed E-state index contributed by atoms with van der Waals surface area (Å²) in [5.41, 5.74) is 10.6. The Bertz CT molecular complexity index is 2190. The lowest BCUT2D eigenvalue weighted by Gasteiger charge is -2.11. The molecule has 0 aliphatic carbocycles. The number of rotatable bonds is 7. The second-order valence-electron chi connectivity index (χ2n) is 11.3. The summed E-state index contributed by atoms with van der Waals surface area (Å²) in [5.74, 6) is 1.91. The van der Waals surface area contributed by atoms with Crippen molar-refractivity contribution in [1.82, 2.24) is 29.9 Å². The van der Waals surface area contributed by atoms with Crippen LogP contribution in [0.3, 0.4) is 0 Å². The lowest BCUT2D eigenvalue weighted by atomic mass is 9.97. The van der Waals surface area contributed by atoms with Crippen molar-refractivity contribution < 1.29 is 0 Å². The van der Waals surface area contributed by atoms with Crippen LogP contribution in [-0.4, -0.2) is 29.9 Å². The molecular weight excluding hydrogens is 589 g/mol. The number of hydrogen-bond donors (Lipinski definition) is 0. The summed E-state index contributed by atoms with van der Waals surface area (Å²) in [6.07, 6.45) is 5.37. The maximum atomic E-state index is 4.95. The van der Waals surface area contributed by atoms with Crippen LogP contribution in [0.4, 0.5) is 0 Å². The Kier molecular flexibility index (Phi) is 7.79. The molecule has 0 amide bonds. The summed E-state index contributed by atoms with van der Waals surface area (Å²) in [6.45, 7) is 0. The van der Waals surface area contributed by atoms with Crippen molar-refractivity contribution in [2.45, 2.75) is 0 Å². The maximum Gasteiger partial charge on any atom is 0.164 e. The standard InChI is InChI=1S/C42H28N6/c1-3-10-32(11-4-1)40-46-41(33-12-5-2-6-13-33)48-42(47-40)35-15-9-14-34(26-35)29-17-19-30(20-18-29)36-27-38(31-21-24-43-25-22-31)45-39(28-36)37-16-7-8-23-44-37/h1-28H. The number of hydrogen-bond acceptors (Lipinski definition) is 6. The van der Waals surface area contributed by atoms with Crippen LogP contribution in [0.1, 0.15) is 0 Å². The van der Waals surface area contributed by atoms with Crippen LogP contribution in [0.25, 0.3) is 79.1 Å². The van der Waals surface area contributed by atoms with Gasteiger partial charge in [0.25, 0.3) is 0 Å². The van der Waals surface area contributed by atoms with Gasteiger partial charge in [-0.05, 0) is 64.7 Å². The van der Waals surface area contributed by atoms with Crippen LogP contribution < -0.4 is 0 Å². The minimum atomic E-state index is 0.628. The molecule has 0 unspecified atom stereocenters. The molecule has 6 nitrogen and oxygen atoms in total. The second-order valence-corrected chi connectivity index (χ2v) is 11.3. The SMILES string of the molecule is c1ccc(-c2nc(-c3ccccc3)nc(-c3cccc(-c4ccc(-c5cc(-c6ccncc6)nc(-c6ccccn6)c5)cc4)c3)n2)cc1. The molecule has 8 aromatic rings. The molecule has 8 rings (SSSR count). The molecule has 0 saturated heterocycles. The van der Waals surface area contributed by atoms with Gasteiger partial charge in [-0.2, -0.15) is 0 Å². The molecule has 0 spiro atoms. The molecule has 0 atom stereocenters. The first-order valence-corrected chi connectivity index (χ1v) is 15.7. The van der Waals surface area contributed by atoms with Crippen LogP contribution in [0.2, 0.25) is 0 Å². The zero-order valence-electron chi connectivity index (χ0n) is 25.8. The van der Waals surface area contributed by atoms with Crippen molar-refractivity contribution in [2.24, 2.45) is 0 Å². The molecule has 0 N–H and O–H groups in total. The molecule has 4 aromatic carbocycles. The van der Waals surface area contributed by atoms with Gasteiger partial charge in [0.1, 0.15) is 0 Å². The van der Waals surface area contributed by atoms with Crippen LogP contribution in [0, 0.1) is 0 Å². The van der Waals surface area contributed by atoms with Crippen molar-refractivity contribution in [1.29, 1.82) is 0 Å². The van der Waals surface area contributed by atoms with Gasteiger partial charge in [0.05, 0.1) is 17.1 Å². The highest BCUT2D eigenvalue weighted by molar-refractivity contribution is 5.78. The van der Waals surface area contributed by atoms with Gasteiger partial charge < -0.3 is 0 Å². The highest BCUT2D eigenvalue weighted by Crippen LogP contribution is 2.32. The van der Waals surface area contributed by atoms with E-state index < -0.39 is 0 Å². The third-order valence-corrected chi connectivity index (χ3v) is 8.10. The average Bonchev–Trinajstić information content (AvgIpc) is 3.19. The first kappa shape index (κ1) is 28.8. The van der Waals surface area contributed by atoms with Gasteiger partial charge in [0, 0.05) is 40.8 Å². The van der Waals surface area contributed by atoms with Crippen molar-refractivity contribution >= 4 is 0 Å². The summed E-state index contributed by atoms with van der Waals surface area (Å²) in [4.78, 5) is 28.4. The van der Waals surface area contributed by atoms with E-state index in [0.717, 1.165) is 61.6 Å². The first-order chi connectivity index (χ1) is 23.8. The van der Waals surface area contributed by atoms with Crippen LogP contribution in [-0.2, 0) is 0 Å². The molecule has 226 valence electrons. The fourth-order valence-electron chi connectivity index (χ4n) is 5.64. The largest absolute Gasteiger partial charge is 0.265 e. The van der Waals surface area contributed by atoms with E-state index >= 15 is 0 Å². The Hall–Kier alpha value is -6.66. The summed E-state index contributed by atoms with van der Waals surface area (Å²) in [5, 5.41) is 0. The Morgan fingerprint density at radius 3 is 1.44 bits per heavy atom. The summed E-state index contributed by atoms with van der Waals surface area (Å²) in [7, 11) is 0. The molecule has 0 aliphatic heterocycles. The fourth-order valence-corrected chi connectivity index (χ4v) is 5.64. The third kappa shape index (κ3) is 6.10. The van der Waals surface area contributed by atoms with E-state index in [1.165, 1.54) is 0 Å². The van der Waals surface area contributed by atoms with Crippen molar-refractivity contribution in [3.8, 4) is 79.1 Å². The Balaban J connectivity index is 1.16. The van der Waals surface area contributed by atoms with E-state index in [9.17, 15) is 0 Å². The Morgan fingerprint density at radius 2 is 0.812 bits per heavy atom. The van der Waals surface area contributed by atoms with Gasteiger partial charge in [-0.1, -0.05) is 109 Å². The third-order valence-electron chi connectivity index (χ3n) is 8.10. The first-order valence-electron chi connectivity index (χ1n) is 15.7. The van der Waals surface area contributed by atoms with E-state index in [1.807, 2.05) is 97.1 Å². The van der Waals surface area contributed by atoms with Crippen LogP contribution >= 0.6 is 0 Å². The van der Waals surface area contributed by atoms with Crippen molar-refractivity contribution in [3.63, 3.8) is 0 Å². The molecule has 4 heterocycles. The highest BCUT2D eigenvalue weighted by atomic mass is 15.0. The van der Waals surface area contributed by atoms with Gasteiger partial charge in [-0.25, -0.2) is 19.9 Å². The zero-order chi connectivity index (χ0) is 32.1. The second kappa shape index (κ2) is 13.0. The number of pyridine rings is 3. The van der Waals surface area contributed by atoms with E-state index in [-0.39, 0.29) is 0 Å². The molecule has 48 heavy (non-hydrogen) atoms. The van der Waals surface area contributed by atoms with Gasteiger partial charge in [0.15, 0.2) is 17.5 Å². The molecule has 0 bridgehead atoms. The van der Waals surface area contributed by atoms with Crippen molar-refractivity contribution in [3.05, 3.63) is 170 Å². The quantitative estimate of drug-likeness (QED) is 0.177. The van der Waals surface area contributed by atoms with E-state index in [1.54, 1.807) is 18.6 Å². The Labute approximate surface area is 278 Å². The normalized spacial score (nSPS) is 10.9. The lowest BCUT2D eigenvalue weighted by Crippen LogP contribution is -2.00. The van der Waals surface area contributed by atoms with E-state index in [0.29, 0.717) is 17.5 Å². The van der Waals surface area contributed by atoms with Gasteiger partial charge >= 0.3 is 0 Å². The van der Waals surface area contributed by atoms with Gasteiger partial charge in [-0.3, -0.25) is 9.97 Å². The molecule has 0 fully saturated rings. The predicted octanol–water partition coefficient (Wildman–Crippen LogP) is 9.73. The molecule has 0 aliphatic rings. The monoisotopic (exact) mass is 616 g/mol. The number of aromatic nitrogens is 6. The highest BCUT2D eigenvalue weighted by Gasteiger charge is 2.14. The van der Waals surface area contributed by atoms with E-state index in [4.69, 9.17) is 19.9 Å². The molecular formula is C42H28N6. The van der Waals surface area contributed by atoms with Crippen LogP contribution in [0.5, 0.6) is 0 Å². The van der Waals surface area contributed by atoms with Gasteiger partial charge in [0.2, 0.25) is 0 Å². The summed E-state index contributed by atoms with van der Waals surface area (Å²) >= 11 is 0. The number of benzene rings is 4. The predicted molar refractivity (Wildman–Crippen MR) is 191 cm³/mol. The van der Waals surface area contributed by atoms with E-state index in [2.05, 4.69) is 64.6 Å². The molecule has 0 saturated carbocycles. The summed E-state index contributed by atoms with van der Waals surface area (Å²) in [6, 6.07) is 51.1. The zero-order valence-corrected chi connectivity index (χ0v) is 25.8. The Morgan fingerprint density at radius 1 is 0.271 bits per heavy atom. The average molecular weight is 617 g/mol. The lowest BCUT2D eigenvalue weighted by molar-refractivity contribution is 1.07. The molecule has 4 aromatic heterocycles. The minimum Gasteiger partial charge on any atom is -0.265 e. The number of nitrogens with zero attached hydrogens (tertiary/aromatic N) is 6. The minimum absolute atomic E-state index is 0.628.